The molecule has 0 saturated carbocycles. The van der Waals surface area contributed by atoms with Crippen LogP contribution in [0.4, 0.5) is 0 Å². The first kappa shape index (κ1) is 11.3. The van der Waals surface area contributed by atoms with Gasteiger partial charge >= 0.3 is 7.82 Å². The Labute approximate surface area is 104 Å². The summed E-state index contributed by atoms with van der Waals surface area (Å²) in [6.07, 6.45) is 0.576. The lowest BCUT2D eigenvalue weighted by Gasteiger charge is -2.28. The number of phosphoric ester groups is 1. The third-order valence-electron chi connectivity index (χ3n) is 2.75. The summed E-state index contributed by atoms with van der Waals surface area (Å²) >= 11 is 0. The minimum Gasteiger partial charge on any atom is -0.736 e. The molecule has 1 heterocycles. The molecule has 2 aromatic rings. The van der Waals surface area contributed by atoms with Gasteiger partial charge in [0.2, 0.25) is 0 Å². The molecule has 0 bridgehead atoms. The molecule has 3 rings (SSSR count). The molecule has 0 atom stereocenters. The predicted molar refractivity (Wildman–Crippen MR) is 64.6 cm³/mol. The second-order valence-corrected chi connectivity index (χ2v) is 5.28. The van der Waals surface area contributed by atoms with Crippen molar-refractivity contribution in [2.75, 3.05) is 0 Å². The van der Waals surface area contributed by atoms with Crippen LogP contribution in [0.15, 0.2) is 48.5 Å². The van der Waals surface area contributed by atoms with Crippen molar-refractivity contribution in [3.05, 3.63) is 59.7 Å². The van der Waals surface area contributed by atoms with E-state index in [-0.39, 0.29) is 0 Å². The number of rotatable bonds is 0. The van der Waals surface area contributed by atoms with E-state index in [1.807, 2.05) is 24.3 Å². The Morgan fingerprint density at radius 1 is 0.889 bits per heavy atom. The first-order chi connectivity index (χ1) is 8.64. The lowest BCUT2D eigenvalue weighted by molar-refractivity contribution is -0.208. The minimum absolute atomic E-state index is 0.324. The van der Waals surface area contributed by atoms with Crippen molar-refractivity contribution in [3.8, 4) is 11.5 Å². The molecule has 0 amide bonds. The molecular formula is C13H10O4P-. The Morgan fingerprint density at radius 2 is 1.33 bits per heavy atom. The summed E-state index contributed by atoms with van der Waals surface area (Å²) in [7, 11) is -4.37. The lowest BCUT2D eigenvalue weighted by atomic mass is 10.0. The molecule has 0 aromatic heterocycles. The van der Waals surface area contributed by atoms with E-state index in [0.29, 0.717) is 17.9 Å². The van der Waals surface area contributed by atoms with Gasteiger partial charge in [-0.3, -0.25) is 0 Å². The van der Waals surface area contributed by atoms with E-state index in [1.54, 1.807) is 24.3 Å². The molecule has 0 N–H and O–H groups in total. The maximum atomic E-state index is 11.7. The second-order valence-electron chi connectivity index (χ2n) is 4.02. The summed E-state index contributed by atoms with van der Waals surface area (Å²) < 4.78 is 21.6. The van der Waals surface area contributed by atoms with Gasteiger partial charge in [0.15, 0.2) is 0 Å². The molecule has 0 spiro atoms. The van der Waals surface area contributed by atoms with Gasteiger partial charge in [0.25, 0.3) is 0 Å². The second kappa shape index (κ2) is 4.16. The van der Waals surface area contributed by atoms with Crippen molar-refractivity contribution in [3.63, 3.8) is 0 Å². The zero-order valence-electron chi connectivity index (χ0n) is 9.41. The van der Waals surface area contributed by atoms with E-state index in [1.165, 1.54) is 0 Å². The first-order valence-electron chi connectivity index (χ1n) is 5.50. The summed E-state index contributed by atoms with van der Waals surface area (Å²) in [5.74, 6) is 0.649. The average molecular weight is 261 g/mol. The van der Waals surface area contributed by atoms with Gasteiger partial charge in [-0.05, 0) is 23.3 Å². The smallest absolute Gasteiger partial charge is 0.372 e. The SMILES string of the molecule is O=P1([O-])Oc2ccccc2Cc2ccccc2O1. The zero-order chi connectivity index (χ0) is 12.6. The van der Waals surface area contributed by atoms with Gasteiger partial charge in [-0.25, -0.2) is 4.57 Å². The number of hydrogen-bond donors (Lipinski definition) is 0. The number of phosphoric acid groups is 1. The molecular weight excluding hydrogens is 251 g/mol. The van der Waals surface area contributed by atoms with Gasteiger partial charge in [0.05, 0.1) is 0 Å². The van der Waals surface area contributed by atoms with Crippen molar-refractivity contribution in [1.29, 1.82) is 0 Å². The fraction of sp³-hybridized carbons (Fsp3) is 0.0769. The van der Waals surface area contributed by atoms with E-state index in [2.05, 4.69) is 0 Å². The third-order valence-corrected chi connectivity index (χ3v) is 3.59. The fourth-order valence-corrected chi connectivity index (χ4v) is 2.82. The summed E-state index contributed by atoms with van der Waals surface area (Å²) in [5, 5.41) is 0. The Bertz CT molecular complexity index is 587. The van der Waals surface area contributed by atoms with Crippen molar-refractivity contribution in [2.24, 2.45) is 0 Å². The van der Waals surface area contributed by atoms with Crippen molar-refractivity contribution >= 4 is 7.82 Å². The lowest BCUT2D eigenvalue weighted by Crippen LogP contribution is -2.16. The summed E-state index contributed by atoms with van der Waals surface area (Å²) in [6.45, 7) is 0. The predicted octanol–water partition coefficient (Wildman–Crippen LogP) is 2.52. The van der Waals surface area contributed by atoms with Gasteiger partial charge in [-0.15, -0.1) is 0 Å². The quantitative estimate of drug-likeness (QED) is 0.684. The summed E-state index contributed by atoms with van der Waals surface area (Å²) in [4.78, 5) is 11.7. The van der Waals surface area contributed by atoms with E-state index in [9.17, 15) is 9.46 Å². The van der Waals surface area contributed by atoms with Crippen LogP contribution in [0.1, 0.15) is 11.1 Å². The highest BCUT2D eigenvalue weighted by molar-refractivity contribution is 7.46. The molecule has 5 heteroatoms. The van der Waals surface area contributed by atoms with Gasteiger partial charge < -0.3 is 13.9 Å². The molecule has 18 heavy (non-hydrogen) atoms. The molecule has 0 radical (unpaired) electrons. The van der Waals surface area contributed by atoms with Crippen LogP contribution in [0.3, 0.4) is 0 Å². The monoisotopic (exact) mass is 261 g/mol. The first-order valence-corrected chi connectivity index (χ1v) is 6.96. The Morgan fingerprint density at radius 3 is 1.83 bits per heavy atom. The maximum Gasteiger partial charge on any atom is 0.372 e. The van der Waals surface area contributed by atoms with Crippen LogP contribution in [-0.4, -0.2) is 0 Å². The van der Waals surface area contributed by atoms with Crippen molar-refractivity contribution in [1.82, 2.24) is 0 Å². The van der Waals surface area contributed by atoms with E-state index in [0.717, 1.165) is 11.1 Å². The summed E-state index contributed by atoms with van der Waals surface area (Å²) in [6, 6.07) is 14.1. The molecule has 1 aliphatic rings. The molecule has 4 nitrogen and oxygen atoms in total. The van der Waals surface area contributed by atoms with Gasteiger partial charge in [-0.1, -0.05) is 36.4 Å². The van der Waals surface area contributed by atoms with Crippen LogP contribution in [0.25, 0.3) is 0 Å². The standard InChI is InChI=1S/C13H11O4P/c14-18(15)16-12-7-3-1-5-10(12)9-11-6-2-4-8-13(11)17-18/h1-8H,9H2,(H,14,15)/p-1. The van der Waals surface area contributed by atoms with Crippen molar-refractivity contribution in [2.45, 2.75) is 6.42 Å². The maximum absolute atomic E-state index is 11.7. The van der Waals surface area contributed by atoms with Gasteiger partial charge in [-0.2, -0.15) is 0 Å². The van der Waals surface area contributed by atoms with E-state index in [4.69, 9.17) is 9.05 Å². The van der Waals surface area contributed by atoms with E-state index >= 15 is 0 Å². The largest absolute Gasteiger partial charge is 0.736 e. The highest BCUT2D eigenvalue weighted by Gasteiger charge is 2.21. The van der Waals surface area contributed by atoms with Crippen molar-refractivity contribution < 1.29 is 18.5 Å². The Kier molecular flexibility index (Phi) is 2.62. The average Bonchev–Trinajstić information content (AvgIpc) is 2.31. The number of hydrogen-bond acceptors (Lipinski definition) is 4. The minimum atomic E-state index is -4.37. The molecule has 0 fully saturated rings. The van der Waals surface area contributed by atoms with Gasteiger partial charge in [0, 0.05) is 6.42 Å². The molecule has 2 aromatic carbocycles. The Hall–Kier alpha value is -1.77. The fourth-order valence-electron chi connectivity index (χ4n) is 1.94. The van der Waals surface area contributed by atoms with Crippen LogP contribution in [0.5, 0.6) is 11.5 Å². The molecule has 0 saturated heterocycles. The topological polar surface area (TPSA) is 58.6 Å². The molecule has 0 unspecified atom stereocenters. The van der Waals surface area contributed by atoms with Crippen LogP contribution < -0.4 is 13.9 Å². The van der Waals surface area contributed by atoms with Crippen LogP contribution in [0.2, 0.25) is 0 Å². The van der Waals surface area contributed by atoms with Crippen LogP contribution >= 0.6 is 7.82 Å². The third kappa shape index (κ3) is 2.13. The number of para-hydroxylation sites is 2. The number of benzene rings is 2. The molecule has 1 aliphatic heterocycles. The normalized spacial score (nSPS) is 16.3. The van der Waals surface area contributed by atoms with E-state index < -0.39 is 7.82 Å². The van der Waals surface area contributed by atoms with Crippen LogP contribution in [-0.2, 0) is 11.0 Å². The summed E-state index contributed by atoms with van der Waals surface area (Å²) in [5.41, 5.74) is 1.65. The Balaban J connectivity index is 2.17. The molecule has 0 aliphatic carbocycles. The van der Waals surface area contributed by atoms with Gasteiger partial charge in [0.1, 0.15) is 11.5 Å². The molecule has 92 valence electrons. The van der Waals surface area contributed by atoms with Crippen LogP contribution in [0, 0.1) is 0 Å². The highest BCUT2D eigenvalue weighted by Crippen LogP contribution is 2.45. The number of fused-ring (bicyclic) bond motifs is 2. The highest BCUT2D eigenvalue weighted by atomic mass is 31.2. The zero-order valence-corrected chi connectivity index (χ0v) is 10.3.